The molecule has 0 unspecified atom stereocenters. The van der Waals surface area contributed by atoms with E-state index in [0.717, 1.165) is 22.5 Å². The van der Waals surface area contributed by atoms with Crippen LogP contribution in [0.25, 0.3) is 16.9 Å². The van der Waals surface area contributed by atoms with Gasteiger partial charge in [0.2, 0.25) is 0 Å². The number of aliphatic hydroxyl groups is 1. The smallest absolute Gasteiger partial charge is 0.113 e. The molecule has 0 aliphatic carbocycles. The van der Waals surface area contributed by atoms with E-state index >= 15 is 0 Å². The molecule has 0 fully saturated rings. The molecule has 0 aliphatic rings. The molecule has 0 radical (unpaired) electrons. The van der Waals surface area contributed by atoms with E-state index in [9.17, 15) is 0 Å². The first-order valence-electron chi connectivity index (χ1n) is 6.46. The Balaban J connectivity index is 1.91. The second-order valence-electron chi connectivity index (χ2n) is 4.74. The predicted molar refractivity (Wildman–Crippen MR) is 77.5 cm³/mol. The fourth-order valence-corrected chi connectivity index (χ4v) is 2.00. The van der Waals surface area contributed by atoms with Crippen LogP contribution in [0.4, 0.5) is 0 Å². The van der Waals surface area contributed by atoms with Crippen LogP contribution in [-0.4, -0.2) is 20.1 Å². The molecule has 20 heavy (non-hydrogen) atoms. The highest BCUT2D eigenvalue weighted by atomic mass is 16.3. The molecule has 4 heteroatoms. The third-order valence-electron chi connectivity index (χ3n) is 3.22. The van der Waals surface area contributed by atoms with E-state index in [4.69, 9.17) is 5.11 Å². The van der Waals surface area contributed by atoms with Gasteiger partial charge in [-0.3, -0.25) is 0 Å². The average Bonchev–Trinajstić information content (AvgIpc) is 2.98. The SMILES string of the molecule is Cc1ccc(-c2cn(-c3ccc(CO)cc3)nn2)cc1. The van der Waals surface area contributed by atoms with Gasteiger partial charge in [0.15, 0.2) is 0 Å². The summed E-state index contributed by atoms with van der Waals surface area (Å²) in [6.07, 6.45) is 1.90. The van der Waals surface area contributed by atoms with Gasteiger partial charge in [-0.05, 0) is 24.6 Å². The maximum absolute atomic E-state index is 9.04. The molecule has 4 nitrogen and oxygen atoms in total. The lowest BCUT2D eigenvalue weighted by atomic mass is 10.1. The average molecular weight is 265 g/mol. The van der Waals surface area contributed by atoms with Crippen molar-refractivity contribution in [3.8, 4) is 16.9 Å². The van der Waals surface area contributed by atoms with E-state index in [-0.39, 0.29) is 6.61 Å². The molecule has 0 atom stereocenters. The number of aromatic nitrogens is 3. The van der Waals surface area contributed by atoms with E-state index in [0.29, 0.717) is 0 Å². The first-order valence-corrected chi connectivity index (χ1v) is 6.46. The van der Waals surface area contributed by atoms with Crippen molar-refractivity contribution in [2.45, 2.75) is 13.5 Å². The van der Waals surface area contributed by atoms with Gasteiger partial charge in [0.1, 0.15) is 5.69 Å². The molecular weight excluding hydrogens is 250 g/mol. The van der Waals surface area contributed by atoms with E-state index < -0.39 is 0 Å². The van der Waals surface area contributed by atoms with Crippen LogP contribution in [0.1, 0.15) is 11.1 Å². The molecule has 1 heterocycles. The van der Waals surface area contributed by atoms with Crippen LogP contribution >= 0.6 is 0 Å². The topological polar surface area (TPSA) is 50.9 Å². The van der Waals surface area contributed by atoms with Gasteiger partial charge < -0.3 is 5.11 Å². The van der Waals surface area contributed by atoms with Crippen LogP contribution in [-0.2, 0) is 6.61 Å². The summed E-state index contributed by atoms with van der Waals surface area (Å²) in [5.74, 6) is 0. The van der Waals surface area contributed by atoms with E-state index in [1.807, 2.05) is 42.6 Å². The zero-order valence-electron chi connectivity index (χ0n) is 11.2. The van der Waals surface area contributed by atoms with Crippen molar-refractivity contribution in [2.24, 2.45) is 0 Å². The summed E-state index contributed by atoms with van der Waals surface area (Å²) in [7, 11) is 0. The largest absolute Gasteiger partial charge is 0.392 e. The van der Waals surface area contributed by atoms with Gasteiger partial charge in [-0.2, -0.15) is 0 Å². The van der Waals surface area contributed by atoms with Crippen LogP contribution < -0.4 is 0 Å². The molecule has 0 amide bonds. The highest BCUT2D eigenvalue weighted by molar-refractivity contribution is 5.58. The molecule has 1 N–H and O–H groups in total. The van der Waals surface area contributed by atoms with Crippen LogP contribution in [0.15, 0.2) is 54.7 Å². The van der Waals surface area contributed by atoms with Crippen molar-refractivity contribution in [3.05, 3.63) is 65.9 Å². The quantitative estimate of drug-likeness (QED) is 0.792. The molecule has 1 aromatic heterocycles. The molecule has 0 bridgehead atoms. The fraction of sp³-hybridized carbons (Fsp3) is 0.125. The van der Waals surface area contributed by atoms with Gasteiger partial charge in [0.25, 0.3) is 0 Å². The Morgan fingerprint density at radius 1 is 1.00 bits per heavy atom. The maximum Gasteiger partial charge on any atom is 0.113 e. The molecule has 3 aromatic rings. The van der Waals surface area contributed by atoms with Gasteiger partial charge in [-0.25, -0.2) is 4.68 Å². The number of aliphatic hydroxyl groups excluding tert-OH is 1. The van der Waals surface area contributed by atoms with Crippen LogP contribution in [0.3, 0.4) is 0 Å². The normalized spacial score (nSPS) is 10.7. The van der Waals surface area contributed by atoms with Crippen LogP contribution in [0.5, 0.6) is 0 Å². The van der Waals surface area contributed by atoms with E-state index in [1.165, 1.54) is 5.56 Å². The van der Waals surface area contributed by atoms with Crippen molar-refractivity contribution in [3.63, 3.8) is 0 Å². The third-order valence-corrected chi connectivity index (χ3v) is 3.22. The van der Waals surface area contributed by atoms with Crippen LogP contribution in [0.2, 0.25) is 0 Å². The molecular formula is C16H15N3O. The van der Waals surface area contributed by atoms with Gasteiger partial charge in [-0.1, -0.05) is 47.2 Å². The van der Waals surface area contributed by atoms with E-state index in [2.05, 4.69) is 29.4 Å². The minimum atomic E-state index is 0.0479. The second kappa shape index (κ2) is 5.27. The Morgan fingerprint density at radius 3 is 2.35 bits per heavy atom. The van der Waals surface area contributed by atoms with Crippen molar-refractivity contribution >= 4 is 0 Å². The Bertz CT molecular complexity index is 699. The monoisotopic (exact) mass is 265 g/mol. The summed E-state index contributed by atoms with van der Waals surface area (Å²) in [4.78, 5) is 0. The Labute approximate surface area is 117 Å². The van der Waals surface area contributed by atoms with Crippen molar-refractivity contribution in [1.82, 2.24) is 15.0 Å². The lowest BCUT2D eigenvalue weighted by Crippen LogP contribution is -1.95. The summed E-state index contributed by atoms with van der Waals surface area (Å²) in [5.41, 5.74) is 4.92. The van der Waals surface area contributed by atoms with Gasteiger partial charge in [0.05, 0.1) is 18.5 Å². The van der Waals surface area contributed by atoms with Crippen molar-refractivity contribution < 1.29 is 5.11 Å². The first-order chi connectivity index (χ1) is 9.76. The second-order valence-corrected chi connectivity index (χ2v) is 4.74. The summed E-state index contributed by atoms with van der Waals surface area (Å²) in [6, 6.07) is 15.8. The minimum absolute atomic E-state index is 0.0479. The van der Waals surface area contributed by atoms with Gasteiger partial charge >= 0.3 is 0 Å². The highest BCUT2D eigenvalue weighted by Crippen LogP contribution is 2.18. The fourth-order valence-electron chi connectivity index (χ4n) is 2.00. The Kier molecular flexibility index (Phi) is 3.31. The number of hydrogen-bond acceptors (Lipinski definition) is 3. The number of benzene rings is 2. The Hall–Kier alpha value is -2.46. The summed E-state index contributed by atoms with van der Waals surface area (Å²) < 4.78 is 1.73. The molecule has 0 aliphatic heterocycles. The number of rotatable bonds is 3. The van der Waals surface area contributed by atoms with Gasteiger partial charge in [0, 0.05) is 5.56 Å². The standard InChI is InChI=1S/C16H15N3O/c1-12-2-6-14(7-3-12)16-10-19(18-17-16)15-8-4-13(11-20)5-9-15/h2-10,20H,11H2,1H3. The highest BCUT2D eigenvalue weighted by Gasteiger charge is 2.05. The number of nitrogens with zero attached hydrogens (tertiary/aromatic N) is 3. The van der Waals surface area contributed by atoms with Crippen LogP contribution in [0, 0.1) is 6.92 Å². The predicted octanol–water partition coefficient (Wildman–Crippen LogP) is 2.74. The molecule has 3 rings (SSSR count). The lowest BCUT2D eigenvalue weighted by molar-refractivity contribution is 0.282. The third kappa shape index (κ3) is 2.46. The molecule has 0 saturated carbocycles. The number of hydrogen-bond donors (Lipinski definition) is 1. The first kappa shape index (κ1) is 12.6. The lowest BCUT2D eigenvalue weighted by Gasteiger charge is -2.01. The molecule has 0 spiro atoms. The maximum atomic E-state index is 9.04. The van der Waals surface area contributed by atoms with Crippen molar-refractivity contribution in [1.29, 1.82) is 0 Å². The summed E-state index contributed by atoms with van der Waals surface area (Å²) in [5, 5.41) is 17.4. The molecule has 0 saturated heterocycles. The van der Waals surface area contributed by atoms with Gasteiger partial charge in [-0.15, -0.1) is 5.10 Å². The summed E-state index contributed by atoms with van der Waals surface area (Å²) in [6.45, 7) is 2.11. The van der Waals surface area contributed by atoms with E-state index in [1.54, 1.807) is 4.68 Å². The summed E-state index contributed by atoms with van der Waals surface area (Å²) >= 11 is 0. The molecule has 2 aromatic carbocycles. The minimum Gasteiger partial charge on any atom is -0.392 e. The zero-order chi connectivity index (χ0) is 13.9. The Morgan fingerprint density at radius 2 is 1.70 bits per heavy atom. The van der Waals surface area contributed by atoms with Crippen molar-refractivity contribution in [2.75, 3.05) is 0 Å². The number of aryl methyl sites for hydroxylation is 1. The zero-order valence-corrected chi connectivity index (χ0v) is 11.2. The molecule has 100 valence electrons.